The lowest BCUT2D eigenvalue weighted by Crippen LogP contribution is -2.44. The van der Waals surface area contributed by atoms with Crippen LogP contribution in [0.1, 0.15) is 46.0 Å². The van der Waals surface area contributed by atoms with Gasteiger partial charge < -0.3 is 5.11 Å². The predicted octanol–water partition coefficient (Wildman–Crippen LogP) is 2.36. The van der Waals surface area contributed by atoms with Gasteiger partial charge in [-0.2, -0.15) is 0 Å². The monoisotopic (exact) mass is 213 g/mol. The molecule has 3 nitrogen and oxygen atoms in total. The lowest BCUT2D eigenvalue weighted by atomic mass is 9.93. The number of rotatable bonds is 5. The van der Waals surface area contributed by atoms with Crippen molar-refractivity contribution in [1.82, 2.24) is 4.90 Å². The van der Waals surface area contributed by atoms with E-state index in [0.717, 1.165) is 19.5 Å². The Kier molecular flexibility index (Phi) is 5.09. The van der Waals surface area contributed by atoms with Gasteiger partial charge >= 0.3 is 5.97 Å². The van der Waals surface area contributed by atoms with Crippen molar-refractivity contribution in [3.05, 3.63) is 0 Å². The van der Waals surface area contributed by atoms with Gasteiger partial charge in [0, 0.05) is 6.04 Å². The van der Waals surface area contributed by atoms with Crippen molar-refractivity contribution < 1.29 is 9.90 Å². The molecule has 0 aromatic heterocycles. The van der Waals surface area contributed by atoms with Gasteiger partial charge in [0.25, 0.3) is 0 Å². The first-order valence-electron chi connectivity index (χ1n) is 6.11. The molecular weight excluding hydrogens is 190 g/mol. The largest absolute Gasteiger partial charge is 0.481 e. The second kappa shape index (κ2) is 6.11. The Bertz CT molecular complexity index is 200. The molecule has 0 bridgehead atoms. The van der Waals surface area contributed by atoms with Gasteiger partial charge in [-0.1, -0.05) is 26.7 Å². The van der Waals surface area contributed by atoms with Crippen LogP contribution in [0.2, 0.25) is 0 Å². The molecule has 3 heteroatoms. The van der Waals surface area contributed by atoms with Crippen molar-refractivity contribution in [2.75, 3.05) is 13.1 Å². The standard InChI is InChI=1S/C12H23NO2/c1-3-10(2)11(9-12(14)15)13-7-5-4-6-8-13/h10-11H,3-9H2,1-2H3,(H,14,15). The lowest BCUT2D eigenvalue weighted by molar-refractivity contribution is -0.139. The molecule has 1 aliphatic rings. The maximum Gasteiger partial charge on any atom is 0.304 e. The maximum atomic E-state index is 10.8. The van der Waals surface area contributed by atoms with Crippen molar-refractivity contribution in [1.29, 1.82) is 0 Å². The van der Waals surface area contributed by atoms with Crippen LogP contribution in [0.25, 0.3) is 0 Å². The summed E-state index contributed by atoms with van der Waals surface area (Å²) in [4.78, 5) is 13.2. The zero-order valence-electron chi connectivity index (χ0n) is 9.91. The molecule has 1 saturated heterocycles. The summed E-state index contributed by atoms with van der Waals surface area (Å²) >= 11 is 0. The summed E-state index contributed by atoms with van der Waals surface area (Å²) in [5, 5.41) is 8.93. The number of nitrogens with zero attached hydrogens (tertiary/aromatic N) is 1. The molecule has 2 unspecified atom stereocenters. The van der Waals surface area contributed by atoms with Crippen molar-refractivity contribution >= 4 is 5.97 Å². The maximum absolute atomic E-state index is 10.8. The fourth-order valence-corrected chi connectivity index (χ4v) is 2.39. The average Bonchev–Trinajstić information content (AvgIpc) is 2.26. The van der Waals surface area contributed by atoms with Gasteiger partial charge in [-0.25, -0.2) is 0 Å². The van der Waals surface area contributed by atoms with Gasteiger partial charge in [-0.05, 0) is 31.8 Å². The van der Waals surface area contributed by atoms with Crippen molar-refractivity contribution in [3.63, 3.8) is 0 Å². The number of piperidine rings is 1. The van der Waals surface area contributed by atoms with Gasteiger partial charge in [0.2, 0.25) is 0 Å². The molecule has 1 rings (SSSR count). The molecule has 0 amide bonds. The minimum atomic E-state index is -0.661. The minimum absolute atomic E-state index is 0.243. The number of aliphatic carboxylic acids is 1. The third kappa shape index (κ3) is 3.82. The second-order valence-corrected chi connectivity index (χ2v) is 4.65. The molecule has 2 atom stereocenters. The summed E-state index contributed by atoms with van der Waals surface area (Å²) in [6.07, 6.45) is 5.12. The molecule has 0 aliphatic carbocycles. The third-order valence-electron chi connectivity index (χ3n) is 3.54. The van der Waals surface area contributed by atoms with Crippen LogP contribution < -0.4 is 0 Å². The van der Waals surface area contributed by atoms with Crippen molar-refractivity contribution in [2.45, 2.75) is 52.0 Å². The van der Waals surface area contributed by atoms with Crippen LogP contribution in [0.15, 0.2) is 0 Å². The number of carboxylic acid groups (broad SMARTS) is 1. The summed E-state index contributed by atoms with van der Waals surface area (Å²) < 4.78 is 0. The highest BCUT2D eigenvalue weighted by atomic mass is 16.4. The van der Waals surface area contributed by atoms with E-state index in [0.29, 0.717) is 12.3 Å². The van der Waals surface area contributed by atoms with Crippen LogP contribution in [0.3, 0.4) is 0 Å². The zero-order valence-corrected chi connectivity index (χ0v) is 9.91. The Hall–Kier alpha value is -0.570. The number of carbonyl (C=O) groups is 1. The molecule has 15 heavy (non-hydrogen) atoms. The zero-order chi connectivity index (χ0) is 11.3. The van der Waals surface area contributed by atoms with Crippen LogP contribution in [0.4, 0.5) is 0 Å². The highest BCUT2D eigenvalue weighted by Gasteiger charge is 2.26. The first kappa shape index (κ1) is 12.5. The van der Waals surface area contributed by atoms with E-state index in [-0.39, 0.29) is 6.04 Å². The van der Waals surface area contributed by atoms with E-state index in [1.807, 2.05) is 0 Å². The number of hydrogen-bond donors (Lipinski definition) is 1. The normalized spacial score (nSPS) is 22.3. The predicted molar refractivity (Wildman–Crippen MR) is 60.9 cm³/mol. The Morgan fingerprint density at radius 1 is 1.33 bits per heavy atom. The summed E-state index contributed by atoms with van der Waals surface area (Å²) in [5.41, 5.74) is 0. The van der Waals surface area contributed by atoms with Gasteiger partial charge in [0.1, 0.15) is 0 Å². The highest BCUT2D eigenvalue weighted by Crippen LogP contribution is 2.22. The molecule has 1 aliphatic heterocycles. The van der Waals surface area contributed by atoms with Gasteiger partial charge in [-0.15, -0.1) is 0 Å². The molecule has 0 aromatic rings. The lowest BCUT2D eigenvalue weighted by Gasteiger charge is -2.37. The fraction of sp³-hybridized carbons (Fsp3) is 0.917. The topological polar surface area (TPSA) is 40.5 Å². The minimum Gasteiger partial charge on any atom is -0.481 e. The summed E-state index contributed by atoms with van der Waals surface area (Å²) in [6, 6.07) is 0.243. The molecule has 0 aromatic carbocycles. The smallest absolute Gasteiger partial charge is 0.304 e. The van der Waals surface area contributed by atoms with E-state index >= 15 is 0 Å². The first-order valence-corrected chi connectivity index (χ1v) is 6.11. The number of carboxylic acids is 1. The van der Waals surface area contributed by atoms with E-state index in [4.69, 9.17) is 5.11 Å². The van der Waals surface area contributed by atoms with Crippen molar-refractivity contribution in [2.24, 2.45) is 5.92 Å². The Balaban J connectivity index is 2.56. The first-order chi connectivity index (χ1) is 7.15. The molecule has 0 spiro atoms. The molecular formula is C12H23NO2. The highest BCUT2D eigenvalue weighted by molar-refractivity contribution is 5.67. The van der Waals surface area contributed by atoms with E-state index in [1.54, 1.807) is 0 Å². The van der Waals surface area contributed by atoms with Crippen molar-refractivity contribution in [3.8, 4) is 0 Å². The number of hydrogen-bond acceptors (Lipinski definition) is 2. The van der Waals surface area contributed by atoms with E-state index < -0.39 is 5.97 Å². The van der Waals surface area contributed by atoms with E-state index in [2.05, 4.69) is 18.7 Å². The van der Waals surface area contributed by atoms with Crippen LogP contribution >= 0.6 is 0 Å². The van der Waals surface area contributed by atoms with E-state index in [1.165, 1.54) is 19.3 Å². The second-order valence-electron chi connectivity index (χ2n) is 4.65. The van der Waals surface area contributed by atoms with Gasteiger partial charge in [0.05, 0.1) is 6.42 Å². The average molecular weight is 213 g/mol. The third-order valence-corrected chi connectivity index (χ3v) is 3.54. The quantitative estimate of drug-likeness (QED) is 0.762. The van der Waals surface area contributed by atoms with Crippen LogP contribution in [0, 0.1) is 5.92 Å². The van der Waals surface area contributed by atoms with E-state index in [9.17, 15) is 4.79 Å². The van der Waals surface area contributed by atoms with Crippen LogP contribution in [-0.4, -0.2) is 35.1 Å². The summed E-state index contributed by atoms with van der Waals surface area (Å²) in [6.45, 7) is 6.48. The molecule has 1 heterocycles. The number of likely N-dealkylation sites (tertiary alicyclic amines) is 1. The summed E-state index contributed by atoms with van der Waals surface area (Å²) in [5.74, 6) is -0.176. The molecule has 0 saturated carbocycles. The molecule has 1 N–H and O–H groups in total. The molecule has 0 radical (unpaired) electrons. The van der Waals surface area contributed by atoms with Crippen LogP contribution in [-0.2, 0) is 4.79 Å². The van der Waals surface area contributed by atoms with Gasteiger partial charge in [0.15, 0.2) is 0 Å². The SMILES string of the molecule is CCC(C)C(CC(=O)O)N1CCCCC1. The summed E-state index contributed by atoms with van der Waals surface area (Å²) in [7, 11) is 0. The Labute approximate surface area is 92.5 Å². The van der Waals surface area contributed by atoms with Gasteiger partial charge in [-0.3, -0.25) is 9.69 Å². The molecule has 1 fully saturated rings. The Morgan fingerprint density at radius 2 is 1.93 bits per heavy atom. The Morgan fingerprint density at radius 3 is 2.40 bits per heavy atom. The van der Waals surface area contributed by atoms with Crippen LogP contribution in [0.5, 0.6) is 0 Å². The fourth-order valence-electron chi connectivity index (χ4n) is 2.39. The molecule has 88 valence electrons.